The average molecular weight is 485 g/mol. The van der Waals surface area contributed by atoms with Gasteiger partial charge in [-0.2, -0.15) is 0 Å². The van der Waals surface area contributed by atoms with Gasteiger partial charge >= 0.3 is 5.97 Å². The predicted octanol–water partition coefficient (Wildman–Crippen LogP) is 4.20. The normalized spacial score (nSPS) is 11.8. The van der Waals surface area contributed by atoms with E-state index >= 15 is 0 Å². The number of thioether (sulfide) groups is 1. The molecule has 1 aliphatic heterocycles. The van der Waals surface area contributed by atoms with Crippen LogP contribution in [-0.4, -0.2) is 41.8 Å². The molecule has 0 atom stereocenters. The average Bonchev–Trinajstić information content (AvgIpc) is 3.50. The lowest BCUT2D eigenvalue weighted by atomic mass is 10.3. The van der Waals surface area contributed by atoms with Crippen molar-refractivity contribution in [1.29, 1.82) is 0 Å². The van der Waals surface area contributed by atoms with Crippen molar-refractivity contribution >= 4 is 46.4 Å². The van der Waals surface area contributed by atoms with Crippen LogP contribution in [-0.2, 0) is 16.0 Å². The number of carbonyl (C=O) groups is 3. The largest absolute Gasteiger partial charge is 0.454 e. The number of thiophene rings is 1. The van der Waals surface area contributed by atoms with Crippen molar-refractivity contribution in [2.75, 3.05) is 24.5 Å². The fourth-order valence-electron chi connectivity index (χ4n) is 2.96. The summed E-state index contributed by atoms with van der Waals surface area (Å²) in [6.07, 6.45) is 2.37. The lowest BCUT2D eigenvalue weighted by Crippen LogP contribution is -2.16. The molecule has 0 radical (unpaired) electrons. The molecule has 8 nitrogen and oxygen atoms in total. The number of anilines is 1. The Labute approximate surface area is 198 Å². The Morgan fingerprint density at radius 3 is 2.82 bits per heavy atom. The Hall–Kier alpha value is -3.37. The van der Waals surface area contributed by atoms with Crippen molar-refractivity contribution in [3.63, 3.8) is 0 Å². The van der Waals surface area contributed by atoms with Crippen LogP contribution in [0.2, 0.25) is 0 Å². The monoisotopic (exact) mass is 484 g/mol. The number of aromatic nitrogens is 1. The molecule has 170 valence electrons. The zero-order valence-electron chi connectivity index (χ0n) is 17.7. The SMILES string of the molecule is CCc1ccc(C(=O)COC(=O)c2cccnc2SCC(=O)Nc2ccc3c(c2)OCO3)s1. The van der Waals surface area contributed by atoms with Crippen molar-refractivity contribution in [2.24, 2.45) is 0 Å². The Bertz CT molecular complexity index is 1190. The molecule has 3 heterocycles. The molecular weight excluding hydrogens is 464 g/mol. The second kappa shape index (κ2) is 10.5. The zero-order valence-corrected chi connectivity index (χ0v) is 19.3. The molecule has 1 amide bonds. The number of ether oxygens (including phenoxy) is 3. The van der Waals surface area contributed by atoms with Gasteiger partial charge in [0.15, 0.2) is 18.1 Å². The van der Waals surface area contributed by atoms with Crippen LogP contribution in [0.1, 0.15) is 31.8 Å². The van der Waals surface area contributed by atoms with Gasteiger partial charge in [0.1, 0.15) is 5.03 Å². The van der Waals surface area contributed by atoms with Gasteiger partial charge in [0, 0.05) is 22.8 Å². The lowest BCUT2D eigenvalue weighted by molar-refractivity contribution is -0.113. The molecule has 0 unspecified atom stereocenters. The maximum atomic E-state index is 12.6. The topological polar surface area (TPSA) is 104 Å². The maximum Gasteiger partial charge on any atom is 0.341 e. The second-order valence-electron chi connectivity index (χ2n) is 6.88. The molecule has 10 heteroatoms. The van der Waals surface area contributed by atoms with Crippen LogP contribution >= 0.6 is 23.1 Å². The summed E-state index contributed by atoms with van der Waals surface area (Å²) < 4.78 is 15.8. The fourth-order valence-corrected chi connectivity index (χ4v) is 4.62. The highest BCUT2D eigenvalue weighted by molar-refractivity contribution is 8.00. The van der Waals surface area contributed by atoms with Gasteiger partial charge in [-0.15, -0.1) is 11.3 Å². The number of hydrogen-bond donors (Lipinski definition) is 1. The van der Waals surface area contributed by atoms with Crippen LogP contribution in [0.15, 0.2) is 53.7 Å². The number of rotatable bonds is 9. The van der Waals surface area contributed by atoms with Gasteiger partial charge in [0.25, 0.3) is 0 Å². The van der Waals surface area contributed by atoms with E-state index in [1.54, 1.807) is 36.4 Å². The first kappa shape index (κ1) is 22.8. The van der Waals surface area contributed by atoms with E-state index in [2.05, 4.69) is 10.3 Å². The first-order chi connectivity index (χ1) is 16.0. The van der Waals surface area contributed by atoms with Crippen LogP contribution in [0.3, 0.4) is 0 Å². The van der Waals surface area contributed by atoms with E-state index in [9.17, 15) is 14.4 Å². The van der Waals surface area contributed by atoms with Crippen molar-refractivity contribution in [3.8, 4) is 11.5 Å². The number of pyridine rings is 1. The quantitative estimate of drug-likeness (QED) is 0.274. The Kier molecular flexibility index (Phi) is 7.26. The molecule has 0 spiro atoms. The molecule has 2 aromatic heterocycles. The van der Waals surface area contributed by atoms with Gasteiger partial charge in [-0.1, -0.05) is 18.7 Å². The summed E-state index contributed by atoms with van der Waals surface area (Å²) in [5.41, 5.74) is 0.774. The van der Waals surface area contributed by atoms with E-state index in [0.717, 1.165) is 23.1 Å². The van der Waals surface area contributed by atoms with Crippen molar-refractivity contribution in [2.45, 2.75) is 18.4 Å². The molecule has 0 fully saturated rings. The number of amides is 1. The molecule has 0 bridgehead atoms. The van der Waals surface area contributed by atoms with Crippen LogP contribution in [0.25, 0.3) is 0 Å². The summed E-state index contributed by atoms with van der Waals surface area (Å²) in [6, 6.07) is 11.9. The molecule has 0 saturated carbocycles. The van der Waals surface area contributed by atoms with E-state index in [1.807, 2.05) is 13.0 Å². The second-order valence-corrected chi connectivity index (χ2v) is 9.01. The number of fused-ring (bicyclic) bond motifs is 1. The molecular formula is C23H20N2O6S2. The number of esters is 1. The number of aryl methyl sites for hydroxylation is 1. The van der Waals surface area contributed by atoms with Crippen molar-refractivity contribution in [1.82, 2.24) is 4.98 Å². The van der Waals surface area contributed by atoms with E-state index < -0.39 is 5.97 Å². The number of carbonyl (C=O) groups excluding carboxylic acids is 3. The summed E-state index contributed by atoms with van der Waals surface area (Å²) in [5, 5.41) is 3.12. The summed E-state index contributed by atoms with van der Waals surface area (Å²) in [4.78, 5) is 43.1. The Morgan fingerprint density at radius 2 is 2.00 bits per heavy atom. The molecule has 0 aliphatic carbocycles. The minimum absolute atomic E-state index is 0.0274. The molecule has 33 heavy (non-hydrogen) atoms. The van der Waals surface area contributed by atoms with E-state index in [4.69, 9.17) is 14.2 Å². The third-order valence-electron chi connectivity index (χ3n) is 4.61. The van der Waals surface area contributed by atoms with Crippen LogP contribution in [0.5, 0.6) is 11.5 Å². The molecule has 3 aromatic rings. The summed E-state index contributed by atoms with van der Waals surface area (Å²) >= 11 is 2.50. The standard InChI is InChI=1S/C23H20N2O6S2/c1-2-15-6-8-20(33-15)17(26)11-29-23(28)16-4-3-9-24-22(16)32-12-21(27)25-14-5-7-18-19(10-14)31-13-30-18/h3-10H,2,11-13H2,1H3,(H,25,27). The van der Waals surface area contributed by atoms with Crippen LogP contribution < -0.4 is 14.8 Å². The highest BCUT2D eigenvalue weighted by Gasteiger charge is 2.19. The van der Waals surface area contributed by atoms with Gasteiger partial charge in [-0.25, -0.2) is 9.78 Å². The molecule has 1 aromatic carbocycles. The van der Waals surface area contributed by atoms with Crippen molar-refractivity contribution in [3.05, 3.63) is 64.0 Å². The minimum Gasteiger partial charge on any atom is -0.454 e. The Morgan fingerprint density at radius 1 is 1.15 bits per heavy atom. The van der Waals surface area contributed by atoms with E-state index in [1.165, 1.54) is 17.5 Å². The number of nitrogens with one attached hydrogen (secondary N) is 1. The van der Waals surface area contributed by atoms with Gasteiger partial charge in [-0.05, 0) is 42.8 Å². The van der Waals surface area contributed by atoms with Gasteiger partial charge in [0.05, 0.1) is 16.2 Å². The minimum atomic E-state index is -0.664. The summed E-state index contributed by atoms with van der Waals surface area (Å²) in [6.45, 7) is 1.81. The van der Waals surface area contributed by atoms with E-state index in [0.29, 0.717) is 27.1 Å². The number of benzene rings is 1. The Balaban J connectivity index is 1.32. The maximum absolute atomic E-state index is 12.6. The van der Waals surface area contributed by atoms with Gasteiger partial charge in [-0.3, -0.25) is 9.59 Å². The third-order valence-corrected chi connectivity index (χ3v) is 6.88. The third kappa shape index (κ3) is 5.71. The molecule has 1 N–H and O–H groups in total. The number of hydrogen-bond acceptors (Lipinski definition) is 9. The zero-order chi connectivity index (χ0) is 23.2. The predicted molar refractivity (Wildman–Crippen MR) is 124 cm³/mol. The molecule has 0 saturated heterocycles. The summed E-state index contributed by atoms with van der Waals surface area (Å²) in [5.74, 6) is 0.0281. The molecule has 1 aliphatic rings. The lowest BCUT2D eigenvalue weighted by Gasteiger charge is -2.09. The highest BCUT2D eigenvalue weighted by atomic mass is 32.2. The fraction of sp³-hybridized carbons (Fsp3) is 0.217. The van der Waals surface area contributed by atoms with Crippen LogP contribution in [0, 0.1) is 0 Å². The first-order valence-electron chi connectivity index (χ1n) is 10.1. The van der Waals surface area contributed by atoms with Crippen molar-refractivity contribution < 1.29 is 28.6 Å². The highest BCUT2D eigenvalue weighted by Crippen LogP contribution is 2.34. The summed E-state index contributed by atoms with van der Waals surface area (Å²) in [7, 11) is 0. The van der Waals surface area contributed by atoms with Crippen LogP contribution in [0.4, 0.5) is 5.69 Å². The smallest absolute Gasteiger partial charge is 0.341 e. The number of Topliss-reactive ketones (excluding diaryl/α,β-unsaturated/α-hetero) is 1. The number of ketones is 1. The molecule has 4 rings (SSSR count). The first-order valence-corrected chi connectivity index (χ1v) is 11.9. The van der Waals surface area contributed by atoms with Gasteiger partial charge < -0.3 is 19.5 Å². The number of nitrogens with zero attached hydrogens (tertiary/aromatic N) is 1. The van der Waals surface area contributed by atoms with Gasteiger partial charge in [0.2, 0.25) is 18.5 Å². The van der Waals surface area contributed by atoms with E-state index in [-0.39, 0.29) is 36.4 Å².